The topological polar surface area (TPSA) is 71.7 Å². The van der Waals surface area contributed by atoms with E-state index in [-0.39, 0.29) is 12.5 Å². The number of carbonyl (C=O) groups excluding carboxylic acids is 1. The van der Waals surface area contributed by atoms with Crippen molar-refractivity contribution in [2.75, 3.05) is 19.8 Å². The molecular weight excluding hydrogens is 318 g/mol. The summed E-state index contributed by atoms with van der Waals surface area (Å²) in [6.45, 7) is 3.12. The molecule has 2 heterocycles. The Bertz CT molecular complexity index is 937. The van der Waals surface area contributed by atoms with Crippen LogP contribution in [0.3, 0.4) is 0 Å². The van der Waals surface area contributed by atoms with E-state index >= 15 is 0 Å². The molecule has 2 aromatic carbocycles. The first-order valence-corrected chi connectivity index (χ1v) is 8.57. The van der Waals surface area contributed by atoms with Crippen LogP contribution in [0.4, 0.5) is 0 Å². The second-order valence-electron chi connectivity index (χ2n) is 6.74. The lowest BCUT2D eigenvalue weighted by molar-refractivity contribution is -0.0605. The molecule has 25 heavy (non-hydrogen) atoms. The van der Waals surface area contributed by atoms with E-state index in [9.17, 15) is 9.90 Å². The number of aryl methyl sites for hydroxylation is 1. The summed E-state index contributed by atoms with van der Waals surface area (Å²) in [6.07, 6.45) is 1.05. The maximum Gasteiger partial charge on any atom is 0.287 e. The van der Waals surface area contributed by atoms with Crippen LogP contribution in [0.15, 0.2) is 40.8 Å². The van der Waals surface area contributed by atoms with Crippen LogP contribution in [-0.4, -0.2) is 36.4 Å². The molecule has 0 spiro atoms. The standard InChI is InChI=1S/C20H21NO4/c1-13-15-7-6-14-4-2-3-5-16(14)18(15)25-17(13)19(22)21-12-20(23)8-10-24-11-9-20/h2-7,23H,8-12H2,1H3,(H,21,22). The number of benzene rings is 2. The van der Waals surface area contributed by atoms with Crippen molar-refractivity contribution in [2.24, 2.45) is 0 Å². The third-order valence-electron chi connectivity index (χ3n) is 5.04. The number of amides is 1. The molecule has 0 radical (unpaired) electrons. The molecule has 5 nitrogen and oxygen atoms in total. The van der Waals surface area contributed by atoms with Gasteiger partial charge in [-0.3, -0.25) is 4.79 Å². The Labute approximate surface area is 145 Å². The minimum Gasteiger partial charge on any atom is -0.450 e. The Balaban J connectivity index is 1.63. The van der Waals surface area contributed by atoms with Crippen molar-refractivity contribution in [1.29, 1.82) is 0 Å². The van der Waals surface area contributed by atoms with E-state index in [0.29, 0.717) is 31.8 Å². The number of rotatable bonds is 3. The fraction of sp³-hybridized carbons (Fsp3) is 0.350. The van der Waals surface area contributed by atoms with Crippen LogP contribution < -0.4 is 5.32 Å². The van der Waals surface area contributed by atoms with Crippen molar-refractivity contribution < 1.29 is 19.1 Å². The molecule has 0 aliphatic carbocycles. The molecule has 4 rings (SSSR count). The van der Waals surface area contributed by atoms with E-state index < -0.39 is 5.60 Å². The highest BCUT2D eigenvalue weighted by Crippen LogP contribution is 2.31. The van der Waals surface area contributed by atoms with E-state index in [1.54, 1.807) is 0 Å². The largest absolute Gasteiger partial charge is 0.450 e. The van der Waals surface area contributed by atoms with E-state index in [1.807, 2.05) is 43.3 Å². The second-order valence-corrected chi connectivity index (χ2v) is 6.74. The van der Waals surface area contributed by atoms with E-state index in [4.69, 9.17) is 9.15 Å². The number of nitrogens with one attached hydrogen (secondary N) is 1. The number of fused-ring (bicyclic) bond motifs is 3. The fourth-order valence-corrected chi connectivity index (χ4v) is 3.42. The first-order chi connectivity index (χ1) is 12.1. The average molecular weight is 339 g/mol. The monoisotopic (exact) mass is 339 g/mol. The molecule has 1 fully saturated rings. The molecule has 3 aromatic rings. The third-order valence-corrected chi connectivity index (χ3v) is 5.04. The summed E-state index contributed by atoms with van der Waals surface area (Å²) in [5, 5.41) is 16.3. The summed E-state index contributed by atoms with van der Waals surface area (Å²) >= 11 is 0. The highest BCUT2D eigenvalue weighted by Gasteiger charge is 2.31. The van der Waals surface area contributed by atoms with Crippen molar-refractivity contribution in [2.45, 2.75) is 25.4 Å². The number of aliphatic hydroxyl groups is 1. The zero-order valence-corrected chi connectivity index (χ0v) is 14.2. The Morgan fingerprint density at radius 3 is 2.72 bits per heavy atom. The Hall–Kier alpha value is -2.37. The second kappa shape index (κ2) is 6.17. The minimum absolute atomic E-state index is 0.201. The lowest BCUT2D eigenvalue weighted by Gasteiger charge is -2.31. The maximum absolute atomic E-state index is 12.6. The molecule has 1 aromatic heterocycles. The number of hydrogen-bond donors (Lipinski definition) is 2. The van der Waals surface area contributed by atoms with Gasteiger partial charge in [-0.25, -0.2) is 0 Å². The van der Waals surface area contributed by atoms with Gasteiger partial charge in [-0.1, -0.05) is 36.4 Å². The Kier molecular flexibility index (Phi) is 3.98. The lowest BCUT2D eigenvalue weighted by atomic mass is 9.94. The zero-order valence-electron chi connectivity index (χ0n) is 14.2. The highest BCUT2D eigenvalue weighted by molar-refractivity contribution is 6.08. The van der Waals surface area contributed by atoms with Crippen molar-refractivity contribution in [1.82, 2.24) is 5.32 Å². The molecule has 1 aliphatic rings. The quantitative estimate of drug-likeness (QED) is 0.769. The summed E-state index contributed by atoms with van der Waals surface area (Å²) in [4.78, 5) is 12.6. The van der Waals surface area contributed by atoms with Crippen molar-refractivity contribution in [3.63, 3.8) is 0 Å². The lowest BCUT2D eigenvalue weighted by Crippen LogP contribution is -2.46. The van der Waals surface area contributed by atoms with Gasteiger partial charge in [0.15, 0.2) is 5.76 Å². The average Bonchev–Trinajstić information content (AvgIpc) is 2.98. The highest BCUT2D eigenvalue weighted by atomic mass is 16.5. The molecule has 130 valence electrons. The van der Waals surface area contributed by atoms with E-state index in [2.05, 4.69) is 5.32 Å². The van der Waals surface area contributed by atoms with Crippen LogP contribution in [-0.2, 0) is 4.74 Å². The molecule has 0 saturated carbocycles. The van der Waals surface area contributed by atoms with Crippen molar-refractivity contribution in [3.8, 4) is 0 Å². The fourth-order valence-electron chi connectivity index (χ4n) is 3.42. The molecule has 1 saturated heterocycles. The predicted molar refractivity (Wildman–Crippen MR) is 95.8 cm³/mol. The molecule has 1 aliphatic heterocycles. The van der Waals surface area contributed by atoms with Gasteiger partial charge in [0.25, 0.3) is 5.91 Å². The number of ether oxygens (including phenoxy) is 1. The number of hydrogen-bond acceptors (Lipinski definition) is 4. The Morgan fingerprint density at radius 1 is 1.16 bits per heavy atom. The predicted octanol–water partition coefficient (Wildman–Crippen LogP) is 3.17. The summed E-state index contributed by atoms with van der Waals surface area (Å²) in [5.41, 5.74) is 0.642. The van der Waals surface area contributed by atoms with Gasteiger partial charge in [0.05, 0.1) is 5.60 Å². The van der Waals surface area contributed by atoms with E-state index in [0.717, 1.165) is 27.3 Å². The molecule has 2 N–H and O–H groups in total. The van der Waals surface area contributed by atoms with Crippen LogP contribution in [0.1, 0.15) is 29.0 Å². The molecule has 1 amide bonds. The summed E-state index contributed by atoms with van der Waals surface area (Å²) < 4.78 is 11.2. The maximum atomic E-state index is 12.6. The van der Waals surface area contributed by atoms with Gasteiger partial charge in [0.2, 0.25) is 0 Å². The first kappa shape index (κ1) is 16.1. The molecule has 0 bridgehead atoms. The third kappa shape index (κ3) is 2.90. The molecule has 5 heteroatoms. The van der Waals surface area contributed by atoms with E-state index in [1.165, 1.54) is 0 Å². The van der Waals surface area contributed by atoms with Gasteiger partial charge in [-0.2, -0.15) is 0 Å². The van der Waals surface area contributed by atoms with Gasteiger partial charge in [0.1, 0.15) is 5.58 Å². The number of carbonyl (C=O) groups is 1. The smallest absolute Gasteiger partial charge is 0.287 e. The molecular formula is C20H21NO4. The van der Waals surface area contributed by atoms with Crippen LogP contribution in [0.5, 0.6) is 0 Å². The van der Waals surface area contributed by atoms with Gasteiger partial charge in [0, 0.05) is 48.9 Å². The van der Waals surface area contributed by atoms with Crippen LogP contribution in [0, 0.1) is 6.92 Å². The van der Waals surface area contributed by atoms with Crippen molar-refractivity contribution in [3.05, 3.63) is 47.7 Å². The molecule has 0 atom stereocenters. The SMILES string of the molecule is Cc1c(C(=O)NCC2(O)CCOCC2)oc2c1ccc1ccccc12. The first-order valence-electron chi connectivity index (χ1n) is 8.57. The minimum atomic E-state index is -0.902. The van der Waals surface area contributed by atoms with Gasteiger partial charge in [-0.05, 0) is 12.3 Å². The van der Waals surface area contributed by atoms with Gasteiger partial charge in [-0.15, -0.1) is 0 Å². The van der Waals surface area contributed by atoms with Crippen molar-refractivity contribution >= 4 is 27.6 Å². The van der Waals surface area contributed by atoms with Gasteiger partial charge < -0.3 is 19.6 Å². The Morgan fingerprint density at radius 2 is 1.92 bits per heavy atom. The van der Waals surface area contributed by atoms with Crippen LogP contribution in [0.2, 0.25) is 0 Å². The van der Waals surface area contributed by atoms with Gasteiger partial charge >= 0.3 is 0 Å². The molecule has 0 unspecified atom stereocenters. The number of furan rings is 1. The van der Waals surface area contributed by atoms with Crippen LogP contribution in [0.25, 0.3) is 21.7 Å². The summed E-state index contributed by atoms with van der Waals surface area (Å²) in [5.74, 6) is 0.0136. The zero-order chi connectivity index (χ0) is 17.4. The summed E-state index contributed by atoms with van der Waals surface area (Å²) in [6, 6.07) is 12.0. The van der Waals surface area contributed by atoms with Crippen LogP contribution >= 0.6 is 0 Å². The normalized spacial score (nSPS) is 17.0. The summed E-state index contributed by atoms with van der Waals surface area (Å²) in [7, 11) is 0.